The number of nitrogens with two attached hydrogens (primary N) is 1. The molecule has 2 rings (SSSR count). The summed E-state index contributed by atoms with van der Waals surface area (Å²) in [6.45, 7) is 0.812. The van der Waals surface area contributed by atoms with Gasteiger partial charge in [0.2, 0.25) is 0 Å². The Morgan fingerprint density at radius 2 is 2.25 bits per heavy atom. The standard InChI is InChI=1S/C14H18N4S2/c1-18-10(7-9-17-18)6-8-16-11-4-3-5-12(20-2)13(11)14(15)19/h3-5,7,9,16H,6,8H2,1-2H3,(H2,15,19). The predicted octanol–water partition coefficient (Wildman–Crippen LogP) is 2.43. The van der Waals surface area contributed by atoms with Crippen molar-refractivity contribution in [2.75, 3.05) is 18.1 Å². The average Bonchev–Trinajstić information content (AvgIpc) is 2.84. The normalized spacial score (nSPS) is 10.5. The van der Waals surface area contributed by atoms with E-state index in [1.54, 1.807) is 11.8 Å². The molecule has 0 aliphatic rings. The van der Waals surface area contributed by atoms with Crippen molar-refractivity contribution in [2.24, 2.45) is 12.8 Å². The second-order valence-corrected chi connectivity index (χ2v) is 5.66. The van der Waals surface area contributed by atoms with Crippen LogP contribution in [0, 0.1) is 0 Å². The van der Waals surface area contributed by atoms with Crippen LogP contribution in [0.2, 0.25) is 0 Å². The van der Waals surface area contributed by atoms with Gasteiger partial charge in [0.1, 0.15) is 4.99 Å². The van der Waals surface area contributed by atoms with Crippen LogP contribution in [-0.4, -0.2) is 27.6 Å². The van der Waals surface area contributed by atoms with Crippen molar-refractivity contribution in [3.63, 3.8) is 0 Å². The van der Waals surface area contributed by atoms with Gasteiger partial charge in [-0.1, -0.05) is 18.3 Å². The number of thiocarbonyl (C=S) groups is 1. The summed E-state index contributed by atoms with van der Waals surface area (Å²) < 4.78 is 1.88. The highest BCUT2D eigenvalue weighted by atomic mass is 32.2. The van der Waals surface area contributed by atoms with Crippen molar-refractivity contribution in [2.45, 2.75) is 11.3 Å². The number of benzene rings is 1. The maximum atomic E-state index is 5.85. The number of rotatable bonds is 6. The smallest absolute Gasteiger partial charge is 0.107 e. The molecule has 2 aromatic rings. The molecule has 1 aromatic heterocycles. The first-order valence-corrected chi connectivity index (χ1v) is 7.94. The number of anilines is 1. The minimum atomic E-state index is 0.429. The lowest BCUT2D eigenvalue weighted by molar-refractivity contribution is 0.711. The quantitative estimate of drug-likeness (QED) is 0.634. The Morgan fingerprint density at radius 3 is 2.85 bits per heavy atom. The molecule has 0 atom stereocenters. The van der Waals surface area contributed by atoms with Crippen molar-refractivity contribution in [1.29, 1.82) is 0 Å². The molecule has 3 N–H and O–H groups in total. The first-order valence-electron chi connectivity index (χ1n) is 6.31. The van der Waals surface area contributed by atoms with E-state index in [-0.39, 0.29) is 0 Å². The molecule has 0 fully saturated rings. The molecule has 0 radical (unpaired) electrons. The third-order valence-electron chi connectivity index (χ3n) is 3.11. The lowest BCUT2D eigenvalue weighted by Crippen LogP contribution is -2.16. The Labute approximate surface area is 128 Å². The molecule has 0 saturated heterocycles. The van der Waals surface area contributed by atoms with Gasteiger partial charge in [0.15, 0.2) is 0 Å². The van der Waals surface area contributed by atoms with E-state index in [1.165, 1.54) is 5.69 Å². The number of nitrogens with zero attached hydrogens (tertiary/aromatic N) is 2. The van der Waals surface area contributed by atoms with E-state index in [2.05, 4.69) is 10.4 Å². The summed E-state index contributed by atoms with van der Waals surface area (Å²) in [5.74, 6) is 0. The van der Waals surface area contributed by atoms with Crippen LogP contribution in [0.15, 0.2) is 35.4 Å². The van der Waals surface area contributed by atoms with Crippen molar-refractivity contribution in [1.82, 2.24) is 9.78 Å². The molecule has 1 aromatic carbocycles. The fourth-order valence-electron chi connectivity index (χ4n) is 2.07. The lowest BCUT2D eigenvalue weighted by Gasteiger charge is -2.14. The summed E-state index contributed by atoms with van der Waals surface area (Å²) in [4.78, 5) is 1.53. The number of aryl methyl sites for hydroxylation is 1. The largest absolute Gasteiger partial charge is 0.389 e. The van der Waals surface area contributed by atoms with Crippen LogP contribution >= 0.6 is 24.0 Å². The zero-order valence-electron chi connectivity index (χ0n) is 11.6. The third kappa shape index (κ3) is 3.32. The fourth-order valence-corrected chi connectivity index (χ4v) is 3.00. The highest BCUT2D eigenvalue weighted by Gasteiger charge is 2.10. The van der Waals surface area contributed by atoms with Crippen LogP contribution in [0.1, 0.15) is 11.3 Å². The Morgan fingerprint density at radius 1 is 1.45 bits per heavy atom. The van der Waals surface area contributed by atoms with Crippen LogP contribution in [0.5, 0.6) is 0 Å². The molecule has 106 valence electrons. The van der Waals surface area contributed by atoms with Gasteiger partial charge in [0, 0.05) is 48.1 Å². The number of thioether (sulfide) groups is 1. The summed E-state index contributed by atoms with van der Waals surface area (Å²) in [7, 11) is 1.95. The van der Waals surface area contributed by atoms with Gasteiger partial charge in [0.05, 0.1) is 0 Å². The zero-order valence-corrected chi connectivity index (χ0v) is 13.2. The average molecular weight is 306 g/mol. The predicted molar refractivity (Wildman–Crippen MR) is 89.5 cm³/mol. The first-order chi connectivity index (χ1) is 9.63. The number of hydrogen-bond acceptors (Lipinski definition) is 4. The number of aromatic nitrogens is 2. The summed E-state index contributed by atoms with van der Waals surface area (Å²) in [6.07, 6.45) is 4.73. The number of nitrogens with one attached hydrogen (secondary N) is 1. The van der Waals surface area contributed by atoms with Gasteiger partial charge >= 0.3 is 0 Å². The molecule has 6 heteroatoms. The summed E-state index contributed by atoms with van der Waals surface area (Å²) >= 11 is 6.81. The Balaban J connectivity index is 2.09. The van der Waals surface area contributed by atoms with Crippen LogP contribution in [-0.2, 0) is 13.5 Å². The molecule has 1 heterocycles. The molecule has 20 heavy (non-hydrogen) atoms. The van der Waals surface area contributed by atoms with Crippen molar-refractivity contribution in [3.8, 4) is 0 Å². The second kappa shape index (κ2) is 6.76. The Hall–Kier alpha value is -1.53. The highest BCUT2D eigenvalue weighted by Crippen LogP contribution is 2.27. The molecule has 0 aliphatic heterocycles. The molecule has 0 aliphatic carbocycles. The third-order valence-corrected chi connectivity index (χ3v) is 4.10. The van der Waals surface area contributed by atoms with E-state index in [0.717, 1.165) is 29.1 Å². The van der Waals surface area contributed by atoms with Gasteiger partial charge in [-0.3, -0.25) is 4.68 Å². The van der Waals surface area contributed by atoms with Gasteiger partial charge in [-0.15, -0.1) is 11.8 Å². The van der Waals surface area contributed by atoms with Crippen LogP contribution in [0.3, 0.4) is 0 Å². The fraction of sp³-hybridized carbons (Fsp3) is 0.286. The van der Waals surface area contributed by atoms with E-state index in [4.69, 9.17) is 18.0 Å². The molecular weight excluding hydrogens is 288 g/mol. The SMILES string of the molecule is CSc1cccc(NCCc2ccnn2C)c1C(N)=S. The summed E-state index contributed by atoms with van der Waals surface area (Å²) in [5.41, 5.74) is 8.96. The van der Waals surface area contributed by atoms with E-state index in [1.807, 2.05) is 48.4 Å². The molecule has 0 bridgehead atoms. The lowest BCUT2D eigenvalue weighted by atomic mass is 10.1. The Bertz CT molecular complexity index is 607. The van der Waals surface area contributed by atoms with Crippen LogP contribution < -0.4 is 11.1 Å². The summed E-state index contributed by atoms with van der Waals surface area (Å²) in [5, 5.41) is 7.57. The topological polar surface area (TPSA) is 55.9 Å². The van der Waals surface area contributed by atoms with Gasteiger partial charge < -0.3 is 11.1 Å². The Kier molecular flexibility index (Phi) is 5.03. The molecule has 0 amide bonds. The minimum absolute atomic E-state index is 0.429. The number of hydrogen-bond donors (Lipinski definition) is 2. The molecule has 4 nitrogen and oxygen atoms in total. The van der Waals surface area contributed by atoms with Crippen molar-refractivity contribution >= 4 is 34.7 Å². The van der Waals surface area contributed by atoms with Crippen molar-refractivity contribution < 1.29 is 0 Å². The van der Waals surface area contributed by atoms with E-state index >= 15 is 0 Å². The van der Waals surface area contributed by atoms with Crippen LogP contribution in [0.25, 0.3) is 0 Å². The van der Waals surface area contributed by atoms with Gasteiger partial charge in [-0.05, 0) is 24.5 Å². The monoisotopic (exact) mass is 306 g/mol. The highest BCUT2D eigenvalue weighted by molar-refractivity contribution is 7.98. The molecule has 0 unspecified atom stereocenters. The zero-order chi connectivity index (χ0) is 14.5. The first kappa shape index (κ1) is 14.9. The maximum Gasteiger partial charge on any atom is 0.107 e. The molecule has 0 spiro atoms. The molecular formula is C14H18N4S2. The molecule has 0 saturated carbocycles. The van der Waals surface area contributed by atoms with Crippen LogP contribution in [0.4, 0.5) is 5.69 Å². The van der Waals surface area contributed by atoms with Gasteiger partial charge in [0.25, 0.3) is 0 Å². The summed E-state index contributed by atoms with van der Waals surface area (Å²) in [6, 6.07) is 8.08. The van der Waals surface area contributed by atoms with E-state index in [0.29, 0.717) is 4.99 Å². The minimum Gasteiger partial charge on any atom is -0.389 e. The van der Waals surface area contributed by atoms with Gasteiger partial charge in [-0.2, -0.15) is 5.10 Å². The van der Waals surface area contributed by atoms with E-state index in [9.17, 15) is 0 Å². The van der Waals surface area contributed by atoms with Crippen molar-refractivity contribution in [3.05, 3.63) is 41.7 Å². The van der Waals surface area contributed by atoms with E-state index < -0.39 is 0 Å². The van der Waals surface area contributed by atoms with Gasteiger partial charge in [-0.25, -0.2) is 0 Å². The maximum absolute atomic E-state index is 5.85. The second-order valence-electron chi connectivity index (χ2n) is 4.37.